The molecule has 0 fully saturated rings. The largest absolute Gasteiger partial charge is 0.303 e. The van der Waals surface area contributed by atoms with Crippen LogP contribution in [0.25, 0.3) is 0 Å². The van der Waals surface area contributed by atoms with Gasteiger partial charge in [-0.1, -0.05) is 40.8 Å². The van der Waals surface area contributed by atoms with Crippen LogP contribution >= 0.6 is 0 Å². The highest BCUT2D eigenvalue weighted by Gasteiger charge is 2.39. The fourth-order valence-corrected chi connectivity index (χ4v) is 2.56. The van der Waals surface area contributed by atoms with Crippen LogP contribution in [0, 0.1) is 0 Å². The van der Waals surface area contributed by atoms with Crippen molar-refractivity contribution in [2.75, 3.05) is 0 Å². The summed E-state index contributed by atoms with van der Waals surface area (Å²) >= 11 is 0. The zero-order valence-corrected chi connectivity index (χ0v) is 9.56. The zero-order chi connectivity index (χ0) is 9.28. The number of carbonyl (C=O) groups is 1. The van der Waals surface area contributed by atoms with Gasteiger partial charge in [-0.3, -0.25) is 0 Å². The van der Waals surface area contributed by atoms with Crippen LogP contribution < -0.4 is 0 Å². The second kappa shape index (κ2) is 3.09. The molecule has 0 N–H and O–H groups in total. The molecule has 0 radical (unpaired) electrons. The Kier molecular flexibility index (Phi) is 3.06. The lowest BCUT2D eigenvalue weighted by molar-refractivity contribution is -0.107. The van der Waals surface area contributed by atoms with Crippen molar-refractivity contribution < 1.29 is 4.79 Å². The van der Waals surface area contributed by atoms with Gasteiger partial charge in [0.15, 0.2) is 0 Å². The lowest BCUT2D eigenvalue weighted by Crippen LogP contribution is -2.41. The maximum atomic E-state index is 10.6. The molecule has 66 valence electrons. The first-order valence-electron chi connectivity index (χ1n) is 4.19. The van der Waals surface area contributed by atoms with Crippen LogP contribution in [-0.2, 0) is 4.79 Å². The van der Waals surface area contributed by atoms with Gasteiger partial charge in [0.2, 0.25) is 0 Å². The zero-order valence-electron chi connectivity index (χ0n) is 8.56. The van der Waals surface area contributed by atoms with Crippen LogP contribution in [-0.4, -0.2) is 14.4 Å². The SMILES string of the molecule is C[C@H](C=O)[Si](C)(C)C(C)(C)C. The fraction of sp³-hybridized carbons (Fsp3) is 0.889. The molecule has 0 aromatic heterocycles. The van der Waals surface area contributed by atoms with Crippen LogP contribution in [0.15, 0.2) is 0 Å². The summed E-state index contributed by atoms with van der Waals surface area (Å²) in [5, 5.41) is 0.327. The van der Waals surface area contributed by atoms with E-state index < -0.39 is 8.07 Å². The molecule has 0 spiro atoms. The summed E-state index contributed by atoms with van der Waals surface area (Å²) in [7, 11) is -1.38. The van der Waals surface area contributed by atoms with Gasteiger partial charge >= 0.3 is 0 Å². The van der Waals surface area contributed by atoms with Crippen molar-refractivity contribution in [3.05, 3.63) is 0 Å². The summed E-state index contributed by atoms with van der Waals surface area (Å²) < 4.78 is 0. The predicted octanol–water partition coefficient (Wildman–Crippen LogP) is 3.08. The fourth-order valence-electron chi connectivity index (χ4n) is 0.853. The van der Waals surface area contributed by atoms with Gasteiger partial charge in [0.05, 0.1) is 8.07 Å². The third-order valence-electron chi connectivity index (χ3n) is 3.28. The van der Waals surface area contributed by atoms with Crippen LogP contribution in [0.3, 0.4) is 0 Å². The second-order valence-corrected chi connectivity index (χ2v) is 10.8. The van der Waals surface area contributed by atoms with Gasteiger partial charge in [0, 0.05) is 5.54 Å². The van der Waals surface area contributed by atoms with Crippen LogP contribution in [0.5, 0.6) is 0 Å². The Bertz CT molecular complexity index is 144. The van der Waals surface area contributed by atoms with E-state index in [-0.39, 0.29) is 5.54 Å². The van der Waals surface area contributed by atoms with Crippen LogP contribution in [0.2, 0.25) is 23.7 Å². The van der Waals surface area contributed by atoms with Crippen molar-refractivity contribution in [3.63, 3.8) is 0 Å². The quantitative estimate of drug-likeness (QED) is 0.462. The van der Waals surface area contributed by atoms with Crippen molar-refractivity contribution >= 4 is 14.4 Å². The minimum absolute atomic E-state index is 0.266. The predicted molar refractivity (Wildman–Crippen MR) is 52.7 cm³/mol. The summed E-state index contributed by atoms with van der Waals surface area (Å²) in [6.45, 7) is 13.3. The molecule has 0 aliphatic carbocycles. The van der Waals surface area contributed by atoms with Gasteiger partial charge in [-0.15, -0.1) is 0 Å². The van der Waals surface area contributed by atoms with E-state index in [4.69, 9.17) is 0 Å². The molecule has 0 saturated heterocycles. The van der Waals surface area contributed by atoms with Gasteiger partial charge in [-0.2, -0.15) is 0 Å². The first kappa shape index (κ1) is 10.9. The monoisotopic (exact) mass is 172 g/mol. The molecule has 0 heterocycles. The minimum atomic E-state index is -1.38. The normalized spacial score (nSPS) is 16.2. The van der Waals surface area contributed by atoms with Gasteiger partial charge < -0.3 is 4.79 Å². The number of rotatable bonds is 2. The Labute approximate surface area is 71.2 Å². The highest BCUT2D eigenvalue weighted by atomic mass is 28.3. The van der Waals surface area contributed by atoms with Crippen molar-refractivity contribution in [3.8, 4) is 0 Å². The summed E-state index contributed by atoms with van der Waals surface area (Å²) in [6.07, 6.45) is 1.11. The van der Waals surface area contributed by atoms with Crippen molar-refractivity contribution in [2.45, 2.75) is 51.4 Å². The van der Waals surface area contributed by atoms with Gasteiger partial charge in [-0.05, 0) is 5.04 Å². The van der Waals surface area contributed by atoms with Crippen LogP contribution in [0.4, 0.5) is 0 Å². The van der Waals surface area contributed by atoms with Crippen molar-refractivity contribution in [1.82, 2.24) is 0 Å². The first-order chi connectivity index (χ1) is 4.73. The molecule has 11 heavy (non-hydrogen) atoms. The van der Waals surface area contributed by atoms with E-state index in [1.807, 2.05) is 6.92 Å². The number of hydrogen-bond donors (Lipinski definition) is 0. The summed E-state index contributed by atoms with van der Waals surface area (Å²) in [4.78, 5) is 10.6. The van der Waals surface area contributed by atoms with E-state index in [0.717, 1.165) is 6.29 Å². The number of carbonyl (C=O) groups excluding carboxylic acids is 1. The Morgan fingerprint density at radius 1 is 1.27 bits per heavy atom. The highest BCUT2D eigenvalue weighted by molar-refractivity contribution is 6.83. The third kappa shape index (κ3) is 2.16. The first-order valence-corrected chi connectivity index (χ1v) is 7.26. The Morgan fingerprint density at radius 3 is 1.73 bits per heavy atom. The second-order valence-electron chi connectivity index (χ2n) is 4.90. The van der Waals surface area contributed by atoms with E-state index >= 15 is 0 Å². The van der Waals surface area contributed by atoms with E-state index in [1.165, 1.54) is 0 Å². The standard InChI is InChI=1S/C9H20OSi/c1-8(7-10)11(5,6)9(2,3)4/h7-8H,1-6H3/t8-/m1/s1. The molecule has 1 nitrogen and oxygen atoms in total. The van der Waals surface area contributed by atoms with Gasteiger partial charge in [0.25, 0.3) is 0 Å². The van der Waals surface area contributed by atoms with Crippen molar-refractivity contribution in [1.29, 1.82) is 0 Å². The Hall–Kier alpha value is -0.113. The van der Waals surface area contributed by atoms with Crippen molar-refractivity contribution in [2.24, 2.45) is 0 Å². The minimum Gasteiger partial charge on any atom is -0.303 e. The number of aldehydes is 1. The smallest absolute Gasteiger partial charge is 0.120 e. The van der Waals surface area contributed by atoms with E-state index in [1.54, 1.807) is 0 Å². The van der Waals surface area contributed by atoms with Gasteiger partial charge in [0.1, 0.15) is 6.29 Å². The highest BCUT2D eigenvalue weighted by Crippen LogP contribution is 2.42. The van der Waals surface area contributed by atoms with E-state index in [2.05, 4.69) is 33.9 Å². The maximum Gasteiger partial charge on any atom is 0.120 e. The maximum absolute atomic E-state index is 10.6. The molecule has 0 aromatic rings. The Morgan fingerprint density at radius 2 is 1.64 bits per heavy atom. The molecule has 0 aliphatic rings. The Balaban J connectivity index is 4.58. The molecular weight excluding hydrogens is 152 g/mol. The average molecular weight is 172 g/mol. The molecule has 0 aromatic carbocycles. The lowest BCUT2D eigenvalue weighted by atomic mass is 10.2. The molecule has 0 amide bonds. The van der Waals surface area contributed by atoms with E-state index in [9.17, 15) is 4.79 Å². The molecule has 0 unspecified atom stereocenters. The molecule has 1 atom stereocenters. The number of hydrogen-bond acceptors (Lipinski definition) is 1. The summed E-state index contributed by atoms with van der Waals surface area (Å²) in [5.74, 6) is 0. The van der Waals surface area contributed by atoms with Crippen LogP contribution in [0.1, 0.15) is 27.7 Å². The van der Waals surface area contributed by atoms with Gasteiger partial charge in [-0.25, -0.2) is 0 Å². The summed E-state index contributed by atoms with van der Waals surface area (Å²) in [5.41, 5.74) is 0.266. The average Bonchev–Trinajstić information content (AvgIpc) is 1.83. The third-order valence-corrected chi connectivity index (χ3v) is 9.55. The molecular formula is C9H20OSi. The molecule has 2 heteroatoms. The lowest BCUT2D eigenvalue weighted by Gasteiger charge is -2.39. The topological polar surface area (TPSA) is 17.1 Å². The molecule has 0 bridgehead atoms. The molecule has 0 saturated carbocycles. The molecule has 0 rings (SSSR count). The molecule has 0 aliphatic heterocycles. The van der Waals surface area contributed by atoms with E-state index in [0.29, 0.717) is 5.04 Å². The summed E-state index contributed by atoms with van der Waals surface area (Å²) in [6, 6.07) is 0.